The van der Waals surface area contributed by atoms with Crippen molar-refractivity contribution in [2.24, 2.45) is 0 Å². The number of carbonyl (C=O) groups is 1. The highest BCUT2D eigenvalue weighted by molar-refractivity contribution is 5.86. The maximum atomic E-state index is 11.4. The van der Waals surface area contributed by atoms with Gasteiger partial charge in [0.05, 0.1) is 5.69 Å². The molecule has 0 spiro atoms. The molecule has 0 radical (unpaired) electrons. The lowest BCUT2D eigenvalue weighted by molar-refractivity contribution is 0.0687. The summed E-state index contributed by atoms with van der Waals surface area (Å²) in [5.41, 5.74) is -0.796. The van der Waals surface area contributed by atoms with Crippen molar-refractivity contribution in [1.29, 1.82) is 0 Å². The van der Waals surface area contributed by atoms with E-state index < -0.39 is 22.6 Å². The minimum atomic E-state index is -1.17. The third kappa shape index (κ3) is 2.93. The zero-order chi connectivity index (χ0) is 15.8. The van der Waals surface area contributed by atoms with Crippen LogP contribution in [0.4, 0.5) is 0 Å². The van der Waals surface area contributed by atoms with Gasteiger partial charge in [0.1, 0.15) is 18.6 Å². The molecule has 2 N–H and O–H groups in total. The lowest BCUT2D eigenvalue weighted by Crippen LogP contribution is -2.22. The number of aromatic carboxylic acids is 1. The summed E-state index contributed by atoms with van der Waals surface area (Å²) >= 11 is 0. The molecule has 2 heterocycles. The molecule has 0 aromatic carbocycles. The van der Waals surface area contributed by atoms with Gasteiger partial charge in [-0.2, -0.15) is 0 Å². The van der Waals surface area contributed by atoms with Gasteiger partial charge in [-0.15, -0.1) is 5.10 Å². The van der Waals surface area contributed by atoms with Gasteiger partial charge in [0.2, 0.25) is 5.43 Å². The summed E-state index contributed by atoms with van der Waals surface area (Å²) in [4.78, 5) is 22.6. The second-order valence-corrected chi connectivity index (χ2v) is 5.60. The number of hydrogen-bond acceptors (Lipinski definition) is 6. The molecule has 0 unspecified atom stereocenters. The van der Waals surface area contributed by atoms with E-state index in [0.29, 0.717) is 5.69 Å². The summed E-state index contributed by atoms with van der Waals surface area (Å²) in [6.45, 7) is 5.55. The quantitative estimate of drug-likeness (QED) is 0.865. The van der Waals surface area contributed by atoms with Crippen molar-refractivity contribution in [3.63, 3.8) is 0 Å². The molecular weight excluding hydrogens is 278 g/mol. The molecule has 0 aliphatic heterocycles. The number of carboxylic acid groups (broad SMARTS) is 1. The second-order valence-electron chi connectivity index (χ2n) is 5.60. The third-order valence-corrected chi connectivity index (χ3v) is 2.82. The van der Waals surface area contributed by atoms with Crippen LogP contribution in [0.1, 0.15) is 42.7 Å². The molecule has 2 rings (SSSR count). The maximum Gasteiger partial charge on any atom is 0.358 e. The predicted octanol–water partition coefficient (Wildman–Crippen LogP) is 0.981. The summed E-state index contributed by atoms with van der Waals surface area (Å²) in [7, 11) is 0. The molecule has 0 aliphatic rings. The van der Waals surface area contributed by atoms with Crippen molar-refractivity contribution < 1.29 is 19.4 Å². The van der Waals surface area contributed by atoms with Gasteiger partial charge < -0.3 is 14.6 Å². The molecular formula is C13H15N3O5. The molecule has 0 amide bonds. The van der Waals surface area contributed by atoms with Gasteiger partial charge in [-0.3, -0.25) is 4.79 Å². The Kier molecular flexibility index (Phi) is 3.54. The Morgan fingerprint density at radius 2 is 2.10 bits per heavy atom. The van der Waals surface area contributed by atoms with Gasteiger partial charge in [0, 0.05) is 11.5 Å². The third-order valence-electron chi connectivity index (χ3n) is 2.82. The monoisotopic (exact) mass is 293 g/mol. The Bertz CT molecular complexity index is 739. The lowest BCUT2D eigenvalue weighted by Gasteiger charge is -2.20. The Morgan fingerprint density at radius 3 is 2.62 bits per heavy atom. The number of carboxylic acids is 1. The minimum Gasteiger partial charge on any atom is -0.502 e. The number of aromatic hydroxyl groups is 1. The van der Waals surface area contributed by atoms with Crippen molar-refractivity contribution in [3.8, 4) is 5.75 Å². The minimum absolute atomic E-state index is 0.0441. The van der Waals surface area contributed by atoms with E-state index in [9.17, 15) is 9.59 Å². The lowest BCUT2D eigenvalue weighted by atomic mass is 9.90. The van der Waals surface area contributed by atoms with Crippen molar-refractivity contribution >= 4 is 5.97 Å². The smallest absolute Gasteiger partial charge is 0.358 e. The maximum absolute atomic E-state index is 11.4. The molecule has 0 atom stereocenters. The Labute approximate surface area is 119 Å². The van der Waals surface area contributed by atoms with Crippen LogP contribution < -0.4 is 5.43 Å². The topological polar surface area (TPSA) is 118 Å². The van der Waals surface area contributed by atoms with E-state index >= 15 is 0 Å². The zero-order valence-electron chi connectivity index (χ0n) is 11.8. The molecule has 0 fully saturated rings. The average molecular weight is 293 g/mol. The molecule has 21 heavy (non-hydrogen) atoms. The second kappa shape index (κ2) is 5.04. The van der Waals surface area contributed by atoms with E-state index in [1.807, 2.05) is 20.8 Å². The Hall–Kier alpha value is -2.64. The number of rotatable bonds is 3. The first-order valence-electron chi connectivity index (χ1n) is 6.18. The van der Waals surface area contributed by atoms with Crippen molar-refractivity contribution in [2.75, 3.05) is 0 Å². The molecule has 0 aliphatic carbocycles. The highest BCUT2D eigenvalue weighted by Crippen LogP contribution is 2.25. The number of hydrogen-bond donors (Lipinski definition) is 2. The van der Waals surface area contributed by atoms with Gasteiger partial charge >= 0.3 is 5.97 Å². The molecule has 112 valence electrons. The van der Waals surface area contributed by atoms with E-state index in [-0.39, 0.29) is 18.0 Å². The van der Waals surface area contributed by atoms with Gasteiger partial charge in [-0.1, -0.05) is 26.0 Å². The Morgan fingerprint density at radius 1 is 1.43 bits per heavy atom. The van der Waals surface area contributed by atoms with Crippen molar-refractivity contribution in [2.45, 2.75) is 32.7 Å². The first-order chi connectivity index (χ1) is 9.70. The van der Waals surface area contributed by atoms with E-state index in [1.165, 1.54) is 4.68 Å². The zero-order valence-corrected chi connectivity index (χ0v) is 11.8. The van der Waals surface area contributed by atoms with Gasteiger partial charge in [-0.25, -0.2) is 9.48 Å². The van der Waals surface area contributed by atoms with Crippen LogP contribution in [-0.2, 0) is 12.0 Å². The van der Waals surface area contributed by atoms with Crippen LogP contribution in [0.2, 0.25) is 0 Å². The van der Waals surface area contributed by atoms with Gasteiger partial charge in [-0.05, 0) is 0 Å². The molecule has 0 saturated heterocycles. The molecule has 8 nitrogen and oxygen atoms in total. The molecule has 2 aromatic heterocycles. The van der Waals surface area contributed by atoms with E-state index in [4.69, 9.17) is 14.6 Å². The van der Waals surface area contributed by atoms with Crippen molar-refractivity contribution in [3.05, 3.63) is 39.7 Å². The molecule has 0 saturated carbocycles. The first kappa shape index (κ1) is 14.8. The molecule has 2 aromatic rings. The first-order valence-corrected chi connectivity index (χ1v) is 6.18. The summed E-state index contributed by atoms with van der Waals surface area (Å²) in [6.07, 6.45) is 0.934. The van der Waals surface area contributed by atoms with Crippen LogP contribution in [0.15, 0.2) is 21.5 Å². The summed E-state index contributed by atoms with van der Waals surface area (Å²) < 4.78 is 6.47. The Balaban J connectivity index is 2.47. The van der Waals surface area contributed by atoms with Crippen LogP contribution in [0, 0.1) is 0 Å². The highest BCUT2D eigenvalue weighted by Gasteiger charge is 2.29. The fourth-order valence-corrected chi connectivity index (χ4v) is 1.98. The fraction of sp³-hybridized carbons (Fsp3) is 0.385. The van der Waals surface area contributed by atoms with E-state index in [1.54, 1.807) is 0 Å². The molecule has 0 bridgehead atoms. The normalized spacial score (nSPS) is 11.6. The van der Waals surface area contributed by atoms with E-state index in [0.717, 1.165) is 12.3 Å². The standard InChI is InChI=1S/C13H15N3O5/c1-13(2,3)11-10(12(19)20)14-15-16(11)5-7-4-8(17)9(18)6-21-7/h4,6,18H,5H2,1-3H3,(H,19,20). The number of aromatic nitrogens is 3. The predicted molar refractivity (Wildman–Crippen MR) is 71.4 cm³/mol. The average Bonchev–Trinajstić information content (AvgIpc) is 2.77. The number of nitrogens with zero attached hydrogens (tertiary/aromatic N) is 3. The van der Waals surface area contributed by atoms with Gasteiger partial charge in [0.15, 0.2) is 11.4 Å². The summed E-state index contributed by atoms with van der Waals surface area (Å²) in [5.74, 6) is -1.41. The van der Waals surface area contributed by atoms with Crippen molar-refractivity contribution in [1.82, 2.24) is 15.0 Å². The van der Waals surface area contributed by atoms with E-state index in [2.05, 4.69) is 10.3 Å². The highest BCUT2D eigenvalue weighted by atomic mass is 16.4. The largest absolute Gasteiger partial charge is 0.502 e. The van der Waals surface area contributed by atoms with Crippen LogP contribution >= 0.6 is 0 Å². The van der Waals surface area contributed by atoms with Crippen LogP contribution in [0.3, 0.4) is 0 Å². The summed E-state index contributed by atoms with van der Waals surface area (Å²) in [5, 5.41) is 25.8. The van der Waals surface area contributed by atoms with Crippen LogP contribution in [0.25, 0.3) is 0 Å². The summed E-state index contributed by atoms with van der Waals surface area (Å²) in [6, 6.07) is 1.13. The van der Waals surface area contributed by atoms with Crippen LogP contribution in [-0.4, -0.2) is 31.2 Å². The SMILES string of the molecule is CC(C)(C)c1c(C(=O)O)nnn1Cc1cc(=O)c(O)co1. The molecule has 8 heteroatoms. The fourth-order valence-electron chi connectivity index (χ4n) is 1.98. The van der Waals surface area contributed by atoms with Gasteiger partial charge in [0.25, 0.3) is 0 Å². The van der Waals surface area contributed by atoms with Crippen LogP contribution in [0.5, 0.6) is 5.75 Å².